The van der Waals surface area contributed by atoms with Gasteiger partial charge in [-0.3, -0.25) is 9.69 Å². The first-order chi connectivity index (χ1) is 15.1. The van der Waals surface area contributed by atoms with Crippen LogP contribution in [0, 0.1) is 12.8 Å². The van der Waals surface area contributed by atoms with E-state index in [0.29, 0.717) is 5.56 Å². The Bertz CT molecular complexity index is 1200. The highest BCUT2D eigenvalue weighted by molar-refractivity contribution is 7.94. The van der Waals surface area contributed by atoms with Crippen LogP contribution in [-0.2, 0) is 24.8 Å². The lowest BCUT2D eigenvalue weighted by atomic mass is 10.2. The third-order valence-electron chi connectivity index (χ3n) is 5.96. The van der Waals surface area contributed by atoms with Gasteiger partial charge in [0.1, 0.15) is 0 Å². The molecule has 0 radical (unpaired) electrons. The fourth-order valence-corrected chi connectivity index (χ4v) is 8.29. The number of amides is 1. The first-order valence-corrected chi connectivity index (χ1v) is 14.5. The predicted octanol–water partition coefficient (Wildman–Crippen LogP) is 2.48. The molecule has 1 aromatic heterocycles. The minimum atomic E-state index is -3.82. The maximum atomic E-state index is 13.1. The number of hydrogen-bond acceptors (Lipinski definition) is 7. The van der Waals surface area contributed by atoms with Crippen molar-refractivity contribution < 1.29 is 21.6 Å². The van der Waals surface area contributed by atoms with Crippen LogP contribution in [0.3, 0.4) is 0 Å². The Kier molecular flexibility index (Phi) is 6.47. The lowest BCUT2D eigenvalue weighted by Gasteiger charge is -2.27. The van der Waals surface area contributed by atoms with E-state index in [-0.39, 0.29) is 28.9 Å². The van der Waals surface area contributed by atoms with Gasteiger partial charge in [0.05, 0.1) is 28.3 Å². The lowest BCUT2D eigenvalue weighted by Crippen LogP contribution is -2.36. The second kappa shape index (κ2) is 8.86. The minimum absolute atomic E-state index is 0.0271. The summed E-state index contributed by atoms with van der Waals surface area (Å²) in [7, 11) is -7.57. The van der Waals surface area contributed by atoms with E-state index in [1.54, 1.807) is 25.2 Å². The number of sulfonamides is 2. The molecule has 0 spiro atoms. The molecule has 2 aliphatic heterocycles. The molecule has 2 fully saturated rings. The monoisotopic (exact) mass is 497 g/mol. The summed E-state index contributed by atoms with van der Waals surface area (Å²) >= 11 is 1.61. The number of nitrogens with one attached hydrogen (secondary N) is 1. The van der Waals surface area contributed by atoms with Gasteiger partial charge in [-0.15, -0.1) is 11.3 Å². The fourth-order valence-electron chi connectivity index (χ4n) is 4.36. The van der Waals surface area contributed by atoms with Gasteiger partial charge in [-0.2, -0.15) is 0 Å². The standard InChI is InChI=1S/C21H27N3O5S3/c1-15-12-17(24-21(25)16(2)14-31(24,26)27)7-8-20(15)32(28,29)22-13-18(19-6-5-11-30-19)23-9-3-4-10-23/h5-8,11-12,16,18,22H,3-4,9-10,13-14H2,1-2H3. The molecule has 11 heteroatoms. The summed E-state index contributed by atoms with van der Waals surface area (Å²) in [6, 6.07) is 8.16. The van der Waals surface area contributed by atoms with Crippen LogP contribution in [0.5, 0.6) is 0 Å². The largest absolute Gasteiger partial charge is 0.294 e. The van der Waals surface area contributed by atoms with Crippen molar-refractivity contribution >= 4 is 43.0 Å². The Hall–Kier alpha value is -1.79. The Labute approximate surface area is 193 Å². The highest BCUT2D eigenvalue weighted by Gasteiger charge is 2.42. The molecule has 2 atom stereocenters. The SMILES string of the molecule is Cc1cc(N2C(=O)C(C)CS2(=O)=O)ccc1S(=O)(=O)NCC(c1cccs1)N1CCCC1. The number of hydrogen-bond donors (Lipinski definition) is 1. The molecule has 2 aliphatic rings. The van der Waals surface area contributed by atoms with E-state index in [0.717, 1.165) is 35.1 Å². The van der Waals surface area contributed by atoms with Crippen LogP contribution < -0.4 is 9.03 Å². The zero-order valence-corrected chi connectivity index (χ0v) is 20.5. The van der Waals surface area contributed by atoms with Crippen LogP contribution in [0.2, 0.25) is 0 Å². The Morgan fingerprint density at radius 1 is 1.22 bits per heavy atom. The van der Waals surface area contributed by atoms with Crippen molar-refractivity contribution in [2.24, 2.45) is 5.92 Å². The summed E-state index contributed by atoms with van der Waals surface area (Å²) in [5.41, 5.74) is 0.552. The number of nitrogens with zero attached hydrogens (tertiary/aromatic N) is 2. The molecule has 32 heavy (non-hydrogen) atoms. The van der Waals surface area contributed by atoms with Gasteiger partial charge in [0, 0.05) is 11.4 Å². The molecule has 1 amide bonds. The Balaban J connectivity index is 1.56. The van der Waals surface area contributed by atoms with Crippen LogP contribution in [0.1, 0.15) is 36.2 Å². The van der Waals surface area contributed by atoms with Crippen molar-refractivity contribution in [2.75, 3.05) is 29.7 Å². The normalized spacial score (nSPS) is 22.5. The zero-order chi connectivity index (χ0) is 23.1. The highest BCUT2D eigenvalue weighted by Crippen LogP contribution is 2.31. The second-order valence-electron chi connectivity index (χ2n) is 8.36. The smallest absolute Gasteiger partial charge is 0.244 e. The molecule has 2 aromatic rings. The van der Waals surface area contributed by atoms with E-state index in [1.807, 2.05) is 17.5 Å². The summed E-state index contributed by atoms with van der Waals surface area (Å²) in [5.74, 6) is -1.36. The average molecular weight is 498 g/mol. The number of thiophene rings is 1. The topological polar surface area (TPSA) is 104 Å². The van der Waals surface area contributed by atoms with Crippen LogP contribution >= 0.6 is 11.3 Å². The molecule has 0 saturated carbocycles. The third-order valence-corrected chi connectivity index (χ3v) is 10.4. The molecule has 0 bridgehead atoms. The summed E-state index contributed by atoms with van der Waals surface area (Å²) in [6.45, 7) is 5.30. The number of anilines is 1. The zero-order valence-electron chi connectivity index (χ0n) is 18.0. The highest BCUT2D eigenvalue weighted by atomic mass is 32.2. The first-order valence-electron chi connectivity index (χ1n) is 10.5. The van der Waals surface area contributed by atoms with Crippen molar-refractivity contribution in [3.05, 3.63) is 46.2 Å². The molecule has 174 valence electrons. The van der Waals surface area contributed by atoms with E-state index in [1.165, 1.54) is 18.2 Å². The summed E-state index contributed by atoms with van der Waals surface area (Å²) < 4.78 is 54.4. The minimum Gasteiger partial charge on any atom is -0.294 e. The molecular formula is C21H27N3O5S3. The molecule has 1 N–H and O–H groups in total. The van der Waals surface area contributed by atoms with Gasteiger partial charge in [0.25, 0.3) is 0 Å². The number of carbonyl (C=O) groups is 1. The van der Waals surface area contributed by atoms with Crippen molar-refractivity contribution in [1.29, 1.82) is 0 Å². The number of rotatable bonds is 7. The van der Waals surface area contributed by atoms with Gasteiger partial charge in [-0.1, -0.05) is 13.0 Å². The van der Waals surface area contributed by atoms with Crippen LogP contribution in [0.4, 0.5) is 5.69 Å². The molecule has 1 aromatic carbocycles. The van der Waals surface area contributed by atoms with Crippen LogP contribution in [0.15, 0.2) is 40.6 Å². The van der Waals surface area contributed by atoms with Crippen LogP contribution in [0.25, 0.3) is 0 Å². The molecule has 8 nitrogen and oxygen atoms in total. The average Bonchev–Trinajstić information content (AvgIpc) is 3.45. The number of carbonyl (C=O) groups excluding carboxylic acids is 1. The fraction of sp³-hybridized carbons (Fsp3) is 0.476. The molecule has 0 aliphatic carbocycles. The molecular weight excluding hydrogens is 470 g/mol. The van der Waals surface area contributed by atoms with Crippen LogP contribution in [-0.4, -0.2) is 53.0 Å². The van der Waals surface area contributed by atoms with Crippen molar-refractivity contribution in [2.45, 2.75) is 37.6 Å². The quantitative estimate of drug-likeness (QED) is 0.630. The third kappa shape index (κ3) is 4.49. The second-order valence-corrected chi connectivity index (χ2v) is 12.9. The summed E-state index contributed by atoms with van der Waals surface area (Å²) in [4.78, 5) is 15.8. The molecule has 2 unspecified atom stereocenters. The van der Waals surface area contributed by atoms with E-state index in [4.69, 9.17) is 0 Å². The van der Waals surface area contributed by atoms with Crippen molar-refractivity contribution in [3.63, 3.8) is 0 Å². The van der Waals surface area contributed by atoms with Gasteiger partial charge < -0.3 is 0 Å². The van der Waals surface area contributed by atoms with E-state index in [2.05, 4.69) is 9.62 Å². The summed E-state index contributed by atoms with van der Waals surface area (Å²) in [5, 5.41) is 1.99. The molecule has 2 saturated heterocycles. The maximum absolute atomic E-state index is 13.1. The number of likely N-dealkylation sites (tertiary alicyclic amines) is 1. The maximum Gasteiger partial charge on any atom is 0.244 e. The van der Waals surface area contributed by atoms with E-state index >= 15 is 0 Å². The number of aryl methyl sites for hydroxylation is 1. The van der Waals surface area contributed by atoms with Gasteiger partial charge in [-0.25, -0.2) is 25.9 Å². The van der Waals surface area contributed by atoms with E-state index in [9.17, 15) is 21.6 Å². The molecule has 4 rings (SSSR count). The van der Waals surface area contributed by atoms with Crippen molar-refractivity contribution in [3.8, 4) is 0 Å². The van der Waals surface area contributed by atoms with Gasteiger partial charge >= 0.3 is 0 Å². The predicted molar refractivity (Wildman–Crippen MR) is 125 cm³/mol. The van der Waals surface area contributed by atoms with E-state index < -0.39 is 31.9 Å². The Morgan fingerprint density at radius 2 is 1.94 bits per heavy atom. The van der Waals surface area contributed by atoms with Gasteiger partial charge in [0.2, 0.25) is 26.0 Å². The summed E-state index contributed by atoms with van der Waals surface area (Å²) in [6.07, 6.45) is 2.21. The van der Waals surface area contributed by atoms with Gasteiger partial charge in [-0.05, 0) is 68.1 Å². The van der Waals surface area contributed by atoms with Gasteiger partial charge in [0.15, 0.2) is 0 Å². The van der Waals surface area contributed by atoms with Crippen molar-refractivity contribution in [1.82, 2.24) is 9.62 Å². The molecule has 3 heterocycles. The number of benzene rings is 1. The lowest BCUT2D eigenvalue weighted by molar-refractivity contribution is -0.119. The first kappa shape index (κ1) is 23.4. The Morgan fingerprint density at radius 3 is 2.50 bits per heavy atom.